The first kappa shape index (κ1) is 20.0. The number of aromatic nitrogens is 4. The van der Waals surface area contributed by atoms with Crippen molar-refractivity contribution in [2.45, 2.75) is 6.54 Å². The van der Waals surface area contributed by atoms with Gasteiger partial charge in [0.1, 0.15) is 5.69 Å². The Kier molecular flexibility index (Phi) is 5.39. The van der Waals surface area contributed by atoms with Gasteiger partial charge in [-0.25, -0.2) is 9.97 Å². The van der Waals surface area contributed by atoms with E-state index in [1.807, 2.05) is 101 Å². The van der Waals surface area contributed by atoms with E-state index in [0.29, 0.717) is 17.4 Å². The molecule has 0 bridgehead atoms. The van der Waals surface area contributed by atoms with Crippen molar-refractivity contribution in [1.29, 1.82) is 0 Å². The van der Waals surface area contributed by atoms with Crippen LogP contribution < -0.4 is 5.32 Å². The SMILES string of the molecule is Cn1ccnc1-c1sc(NC(=O)c2cccn2Cc2ccccc2)nc1-c1ccccc1. The molecule has 1 amide bonds. The normalized spacial score (nSPS) is 10.9. The van der Waals surface area contributed by atoms with Gasteiger partial charge in [0.05, 0.1) is 10.6 Å². The number of aryl methyl sites for hydroxylation is 1. The molecule has 0 spiro atoms. The fourth-order valence-corrected chi connectivity index (χ4v) is 4.62. The molecule has 2 aromatic carbocycles. The van der Waals surface area contributed by atoms with Crippen molar-refractivity contribution in [3.8, 4) is 22.0 Å². The van der Waals surface area contributed by atoms with Crippen LogP contribution >= 0.6 is 11.3 Å². The van der Waals surface area contributed by atoms with E-state index < -0.39 is 0 Å². The Morgan fingerprint density at radius 1 is 0.969 bits per heavy atom. The highest BCUT2D eigenvalue weighted by Gasteiger charge is 2.20. The van der Waals surface area contributed by atoms with Crippen LogP contribution in [0.15, 0.2) is 91.4 Å². The van der Waals surface area contributed by atoms with Gasteiger partial charge in [0.25, 0.3) is 5.91 Å². The lowest BCUT2D eigenvalue weighted by Gasteiger charge is -2.08. The second kappa shape index (κ2) is 8.64. The second-order valence-corrected chi connectivity index (χ2v) is 8.38. The fourth-order valence-electron chi connectivity index (χ4n) is 3.60. The van der Waals surface area contributed by atoms with E-state index in [4.69, 9.17) is 4.98 Å². The molecule has 0 unspecified atom stereocenters. The Bertz CT molecular complexity index is 1350. The number of hydrogen-bond donors (Lipinski definition) is 1. The number of benzene rings is 2. The van der Waals surface area contributed by atoms with E-state index in [-0.39, 0.29) is 5.91 Å². The largest absolute Gasteiger partial charge is 0.339 e. The van der Waals surface area contributed by atoms with Crippen LogP contribution in [0.25, 0.3) is 22.0 Å². The zero-order valence-corrected chi connectivity index (χ0v) is 18.3. The Balaban J connectivity index is 1.45. The molecule has 0 aliphatic rings. The smallest absolute Gasteiger partial charge is 0.274 e. The zero-order chi connectivity index (χ0) is 21.9. The first-order valence-electron chi connectivity index (χ1n) is 10.2. The molecular weight excluding hydrogens is 418 g/mol. The summed E-state index contributed by atoms with van der Waals surface area (Å²) in [4.78, 5) is 23.3. The molecule has 0 saturated carbocycles. The van der Waals surface area contributed by atoms with Crippen molar-refractivity contribution < 1.29 is 4.79 Å². The number of imidazole rings is 1. The summed E-state index contributed by atoms with van der Waals surface area (Å²) in [6, 6.07) is 23.7. The molecule has 0 radical (unpaired) electrons. The monoisotopic (exact) mass is 439 g/mol. The van der Waals surface area contributed by atoms with Gasteiger partial charge in [0, 0.05) is 37.7 Å². The molecule has 0 saturated heterocycles. The van der Waals surface area contributed by atoms with Crippen molar-refractivity contribution in [2.24, 2.45) is 7.05 Å². The molecule has 0 aliphatic carbocycles. The Morgan fingerprint density at radius 3 is 2.44 bits per heavy atom. The van der Waals surface area contributed by atoms with Gasteiger partial charge in [0.2, 0.25) is 0 Å². The van der Waals surface area contributed by atoms with Gasteiger partial charge >= 0.3 is 0 Å². The second-order valence-electron chi connectivity index (χ2n) is 7.39. The number of carbonyl (C=O) groups is 1. The van der Waals surface area contributed by atoms with Gasteiger partial charge in [-0.3, -0.25) is 10.1 Å². The van der Waals surface area contributed by atoms with E-state index in [1.165, 1.54) is 11.3 Å². The van der Waals surface area contributed by atoms with Crippen molar-refractivity contribution in [3.05, 3.63) is 103 Å². The van der Waals surface area contributed by atoms with Crippen LogP contribution in [0.3, 0.4) is 0 Å². The van der Waals surface area contributed by atoms with Crippen LogP contribution in [0.5, 0.6) is 0 Å². The molecule has 0 aliphatic heterocycles. The Morgan fingerprint density at radius 2 is 1.72 bits per heavy atom. The van der Waals surface area contributed by atoms with Gasteiger partial charge in [0.15, 0.2) is 11.0 Å². The summed E-state index contributed by atoms with van der Waals surface area (Å²) in [6.45, 7) is 0.627. The Hall–Kier alpha value is -3.97. The van der Waals surface area contributed by atoms with Crippen LogP contribution in [0.4, 0.5) is 5.13 Å². The van der Waals surface area contributed by atoms with Crippen LogP contribution in [0.1, 0.15) is 16.1 Å². The van der Waals surface area contributed by atoms with E-state index in [0.717, 1.165) is 27.5 Å². The summed E-state index contributed by atoms with van der Waals surface area (Å²) >= 11 is 1.43. The first-order chi connectivity index (χ1) is 15.7. The summed E-state index contributed by atoms with van der Waals surface area (Å²) in [5, 5.41) is 3.53. The van der Waals surface area contributed by atoms with Crippen molar-refractivity contribution >= 4 is 22.4 Å². The maximum absolute atomic E-state index is 13.1. The lowest BCUT2D eigenvalue weighted by molar-refractivity contribution is 0.101. The van der Waals surface area contributed by atoms with Crippen LogP contribution in [0, 0.1) is 0 Å². The third kappa shape index (κ3) is 3.98. The molecular formula is C25H21N5OS. The minimum Gasteiger partial charge on any atom is -0.339 e. The predicted molar refractivity (Wildman–Crippen MR) is 128 cm³/mol. The van der Waals surface area contributed by atoms with Crippen LogP contribution in [-0.4, -0.2) is 25.0 Å². The topological polar surface area (TPSA) is 64.7 Å². The van der Waals surface area contributed by atoms with Crippen molar-refractivity contribution in [1.82, 2.24) is 19.1 Å². The number of rotatable bonds is 6. The molecule has 3 aromatic heterocycles. The van der Waals surface area contributed by atoms with Crippen LogP contribution in [0.2, 0.25) is 0 Å². The number of nitrogens with zero attached hydrogens (tertiary/aromatic N) is 4. The van der Waals surface area contributed by atoms with Gasteiger partial charge in [-0.2, -0.15) is 0 Å². The summed E-state index contributed by atoms with van der Waals surface area (Å²) in [6.07, 6.45) is 5.58. The molecule has 32 heavy (non-hydrogen) atoms. The molecule has 7 heteroatoms. The predicted octanol–water partition coefficient (Wildman–Crippen LogP) is 5.31. The molecule has 5 aromatic rings. The molecule has 0 fully saturated rings. The van der Waals surface area contributed by atoms with E-state index in [1.54, 1.807) is 6.20 Å². The third-order valence-corrected chi connectivity index (χ3v) is 6.14. The van der Waals surface area contributed by atoms with Gasteiger partial charge in [-0.15, -0.1) is 0 Å². The number of carbonyl (C=O) groups excluding carboxylic acids is 1. The molecule has 5 rings (SSSR count). The number of thiazole rings is 1. The molecule has 158 valence electrons. The quantitative estimate of drug-likeness (QED) is 0.390. The molecule has 0 atom stereocenters. The van der Waals surface area contributed by atoms with E-state index >= 15 is 0 Å². The lowest BCUT2D eigenvalue weighted by atomic mass is 10.1. The lowest BCUT2D eigenvalue weighted by Crippen LogP contribution is -2.17. The van der Waals surface area contributed by atoms with Gasteiger partial charge in [-0.05, 0) is 17.7 Å². The van der Waals surface area contributed by atoms with Gasteiger partial charge < -0.3 is 9.13 Å². The summed E-state index contributed by atoms with van der Waals surface area (Å²) in [5.74, 6) is 0.625. The zero-order valence-electron chi connectivity index (χ0n) is 17.5. The van der Waals surface area contributed by atoms with E-state index in [9.17, 15) is 4.79 Å². The Labute approximate surface area is 189 Å². The van der Waals surface area contributed by atoms with Gasteiger partial charge in [-0.1, -0.05) is 72.0 Å². The number of amides is 1. The number of anilines is 1. The highest BCUT2D eigenvalue weighted by Crippen LogP contribution is 2.38. The number of hydrogen-bond acceptors (Lipinski definition) is 4. The highest BCUT2D eigenvalue weighted by molar-refractivity contribution is 7.19. The average molecular weight is 440 g/mol. The molecule has 3 heterocycles. The minimum absolute atomic E-state index is 0.189. The van der Waals surface area contributed by atoms with Crippen molar-refractivity contribution in [3.63, 3.8) is 0 Å². The maximum atomic E-state index is 13.1. The standard InChI is InChI=1S/C25H21N5OS/c1-29-16-14-26-23(29)22-21(19-11-6-3-7-12-19)27-25(32-22)28-24(31)20-13-8-15-30(20)17-18-9-4-2-5-10-18/h2-16H,17H2,1H3,(H,27,28,31). The molecule has 1 N–H and O–H groups in total. The van der Waals surface area contributed by atoms with Crippen molar-refractivity contribution in [2.75, 3.05) is 5.32 Å². The van der Waals surface area contributed by atoms with E-state index in [2.05, 4.69) is 10.3 Å². The first-order valence-corrected chi connectivity index (χ1v) is 11.0. The third-order valence-electron chi connectivity index (χ3n) is 5.18. The summed E-state index contributed by atoms with van der Waals surface area (Å²) in [7, 11) is 1.95. The summed E-state index contributed by atoms with van der Waals surface area (Å²) < 4.78 is 3.90. The fraction of sp³-hybridized carbons (Fsp3) is 0.0800. The maximum Gasteiger partial charge on any atom is 0.274 e. The number of nitrogens with one attached hydrogen (secondary N) is 1. The minimum atomic E-state index is -0.189. The highest BCUT2D eigenvalue weighted by atomic mass is 32.1. The average Bonchev–Trinajstić information content (AvgIpc) is 3.55. The molecule has 6 nitrogen and oxygen atoms in total. The summed E-state index contributed by atoms with van der Waals surface area (Å²) in [5.41, 5.74) is 3.51. The van der Waals surface area contributed by atoms with Crippen LogP contribution in [-0.2, 0) is 13.6 Å².